The van der Waals surface area contributed by atoms with Gasteiger partial charge in [-0.15, -0.1) is 0 Å². The summed E-state index contributed by atoms with van der Waals surface area (Å²) in [6.07, 6.45) is 0.118. The monoisotopic (exact) mass is 670 g/mol. The lowest BCUT2D eigenvalue weighted by atomic mass is 9.43. The molecule has 0 spiro atoms. The maximum absolute atomic E-state index is 12.8. The molecular formula is C36H53F3O8. The number of carbonyl (C=O) groups excluding carboxylic acids is 5. The van der Waals surface area contributed by atoms with Gasteiger partial charge in [0.05, 0.1) is 0 Å². The molecule has 0 aromatic heterocycles. The zero-order chi connectivity index (χ0) is 35.1. The third-order valence-corrected chi connectivity index (χ3v) is 12.9. The number of ketones is 2. The Morgan fingerprint density at radius 3 is 2.00 bits per heavy atom. The molecule has 8 nitrogen and oxygen atoms in total. The van der Waals surface area contributed by atoms with Crippen molar-refractivity contribution in [2.45, 2.75) is 144 Å². The Bertz CT molecular complexity index is 1220. The van der Waals surface area contributed by atoms with Gasteiger partial charge in [-0.25, -0.2) is 0 Å². The van der Waals surface area contributed by atoms with Crippen LogP contribution in [0.25, 0.3) is 0 Å². The Labute approximate surface area is 276 Å². The fourth-order valence-electron chi connectivity index (χ4n) is 10.6. The van der Waals surface area contributed by atoms with Crippen LogP contribution in [0.3, 0.4) is 0 Å². The first-order valence-electron chi connectivity index (χ1n) is 17.4. The van der Waals surface area contributed by atoms with Crippen molar-refractivity contribution in [3.05, 3.63) is 0 Å². The molecule has 4 aliphatic rings. The molecule has 0 heterocycles. The first-order valence-corrected chi connectivity index (χ1v) is 17.4. The Hall–Kier alpha value is -2.46. The summed E-state index contributed by atoms with van der Waals surface area (Å²) >= 11 is 0. The Kier molecular flexibility index (Phi) is 11.3. The van der Waals surface area contributed by atoms with Crippen LogP contribution in [0, 0.1) is 52.3 Å². The average molecular weight is 671 g/mol. The van der Waals surface area contributed by atoms with Gasteiger partial charge >= 0.3 is 24.1 Å². The SMILES string of the molecule is CC(=O)O[C@@H]1CC[C@@]2(C)C(C1)C[C@@H](OC(C)=O)C1C2C[C@H](OC(C)=O)[C@@]2(C)C1CC[C@@H]2[C@H](C)CCC(=O)CCC(C)C(=O)C(F)(F)F. The number of rotatable bonds is 11. The van der Waals surface area contributed by atoms with Gasteiger partial charge in [-0.1, -0.05) is 27.7 Å². The number of fused-ring (bicyclic) bond motifs is 5. The van der Waals surface area contributed by atoms with E-state index in [2.05, 4.69) is 20.8 Å². The Morgan fingerprint density at radius 2 is 1.40 bits per heavy atom. The van der Waals surface area contributed by atoms with Gasteiger partial charge in [-0.05, 0) is 92.8 Å². The highest BCUT2D eigenvalue weighted by Gasteiger charge is 2.67. The van der Waals surface area contributed by atoms with Gasteiger partial charge in [0.1, 0.15) is 24.1 Å². The van der Waals surface area contributed by atoms with Crippen LogP contribution in [-0.2, 0) is 38.2 Å². The van der Waals surface area contributed by atoms with E-state index in [0.717, 1.165) is 25.7 Å². The van der Waals surface area contributed by atoms with Crippen molar-refractivity contribution < 1.29 is 51.4 Å². The summed E-state index contributed by atoms with van der Waals surface area (Å²) < 4.78 is 56.2. The molecule has 12 atom stereocenters. The predicted molar refractivity (Wildman–Crippen MR) is 166 cm³/mol. The number of ether oxygens (including phenoxy) is 3. The van der Waals surface area contributed by atoms with E-state index in [1.165, 1.54) is 27.7 Å². The molecule has 266 valence electrons. The first-order chi connectivity index (χ1) is 21.8. The van der Waals surface area contributed by atoms with Crippen molar-refractivity contribution in [3.63, 3.8) is 0 Å². The second-order valence-electron chi connectivity index (χ2n) is 15.6. The summed E-state index contributed by atoms with van der Waals surface area (Å²) in [5, 5.41) is 0. The Morgan fingerprint density at radius 1 is 0.787 bits per heavy atom. The number of hydrogen-bond acceptors (Lipinski definition) is 8. The molecule has 4 saturated carbocycles. The molecule has 0 radical (unpaired) electrons. The molecule has 0 bridgehead atoms. The van der Waals surface area contributed by atoms with Crippen molar-refractivity contribution >= 4 is 29.5 Å². The van der Waals surface area contributed by atoms with Crippen LogP contribution in [0.1, 0.15) is 119 Å². The molecule has 0 aromatic carbocycles. The summed E-state index contributed by atoms with van der Waals surface area (Å²) in [6.45, 7) is 12.1. The van der Waals surface area contributed by atoms with Crippen LogP contribution in [0.4, 0.5) is 13.2 Å². The quantitative estimate of drug-likeness (QED) is 0.168. The largest absolute Gasteiger partial charge is 0.463 e. The molecule has 0 aromatic rings. The molecular weight excluding hydrogens is 617 g/mol. The topological polar surface area (TPSA) is 113 Å². The number of alkyl halides is 3. The summed E-state index contributed by atoms with van der Waals surface area (Å²) in [6, 6.07) is 0. The van der Waals surface area contributed by atoms with Crippen molar-refractivity contribution in [3.8, 4) is 0 Å². The van der Waals surface area contributed by atoms with Crippen LogP contribution < -0.4 is 0 Å². The predicted octanol–water partition coefficient (Wildman–Crippen LogP) is 7.19. The molecule has 47 heavy (non-hydrogen) atoms. The van der Waals surface area contributed by atoms with E-state index >= 15 is 0 Å². The van der Waals surface area contributed by atoms with Gasteiger partial charge in [0, 0.05) is 50.9 Å². The summed E-state index contributed by atoms with van der Waals surface area (Å²) in [5.41, 5.74) is -0.544. The molecule has 0 amide bonds. The van der Waals surface area contributed by atoms with Crippen LogP contribution >= 0.6 is 0 Å². The second-order valence-corrected chi connectivity index (χ2v) is 15.6. The van der Waals surface area contributed by atoms with Crippen LogP contribution in [-0.4, -0.2) is 54.0 Å². The van der Waals surface area contributed by atoms with E-state index in [1.54, 1.807) is 0 Å². The fourth-order valence-corrected chi connectivity index (χ4v) is 10.6. The highest BCUT2D eigenvalue weighted by molar-refractivity contribution is 5.86. The molecule has 5 unspecified atom stereocenters. The Balaban J connectivity index is 1.55. The molecule has 0 aliphatic heterocycles. The zero-order valence-corrected chi connectivity index (χ0v) is 29.0. The third-order valence-electron chi connectivity index (χ3n) is 12.9. The van der Waals surface area contributed by atoms with Crippen LogP contribution in [0.2, 0.25) is 0 Å². The highest BCUT2D eigenvalue weighted by atomic mass is 19.4. The van der Waals surface area contributed by atoms with E-state index in [-0.39, 0.29) is 102 Å². The fraction of sp³-hybridized carbons (Fsp3) is 0.861. The van der Waals surface area contributed by atoms with Crippen molar-refractivity contribution in [2.75, 3.05) is 0 Å². The molecule has 4 fully saturated rings. The summed E-state index contributed by atoms with van der Waals surface area (Å²) in [4.78, 5) is 61.1. The number of esters is 3. The minimum Gasteiger partial charge on any atom is -0.463 e. The lowest BCUT2D eigenvalue weighted by molar-refractivity contribution is -0.224. The van der Waals surface area contributed by atoms with Gasteiger partial charge < -0.3 is 14.2 Å². The number of halogens is 3. The smallest absolute Gasteiger partial charge is 0.450 e. The molecule has 0 saturated heterocycles. The van der Waals surface area contributed by atoms with Gasteiger partial charge in [0.25, 0.3) is 0 Å². The average Bonchev–Trinajstić information content (AvgIpc) is 3.32. The second kappa shape index (κ2) is 14.2. The summed E-state index contributed by atoms with van der Waals surface area (Å²) in [5.74, 6) is -3.56. The molecule has 11 heteroatoms. The minimum atomic E-state index is -4.91. The van der Waals surface area contributed by atoms with Crippen molar-refractivity contribution in [1.82, 2.24) is 0 Å². The van der Waals surface area contributed by atoms with Gasteiger partial charge in [0.2, 0.25) is 5.78 Å². The normalized spacial score (nSPS) is 37.7. The standard InChI is InChI=1S/C36H53F3O8/c1-19(8-10-25(43)11-9-20(2)33(44)36(37,38)39)27-12-13-28-32-29(18-31(35(27,28)7)47-23(5)42)34(6)15-14-26(45-21(3)40)16-24(34)17-30(32)46-22(4)41/h19-20,24,26-32H,8-18H2,1-7H3/t19-,20?,24?,26-,27-,28?,29?,30-,31+,32?,34+,35-/m1/s1. The lowest BCUT2D eigenvalue weighted by Gasteiger charge is -2.64. The van der Waals surface area contributed by atoms with Crippen LogP contribution in [0.15, 0.2) is 0 Å². The number of carbonyl (C=O) groups is 5. The maximum Gasteiger partial charge on any atom is 0.450 e. The van der Waals surface area contributed by atoms with Gasteiger partial charge in [0.15, 0.2) is 0 Å². The zero-order valence-electron chi connectivity index (χ0n) is 29.0. The van der Waals surface area contributed by atoms with E-state index in [4.69, 9.17) is 14.2 Å². The minimum absolute atomic E-state index is 0.0636. The van der Waals surface area contributed by atoms with Crippen molar-refractivity contribution in [2.24, 2.45) is 52.3 Å². The van der Waals surface area contributed by atoms with E-state index < -0.39 is 23.3 Å². The van der Waals surface area contributed by atoms with Gasteiger partial charge in [-0.3, -0.25) is 24.0 Å². The first kappa shape index (κ1) is 37.4. The third kappa shape index (κ3) is 7.74. The molecule has 0 N–H and O–H groups in total. The summed E-state index contributed by atoms with van der Waals surface area (Å²) in [7, 11) is 0. The number of Topliss-reactive ketones (excluding diaryl/α,β-unsaturated/α-hetero) is 2. The van der Waals surface area contributed by atoms with E-state index in [1.807, 2.05) is 0 Å². The van der Waals surface area contributed by atoms with E-state index in [0.29, 0.717) is 25.7 Å². The highest BCUT2D eigenvalue weighted by Crippen LogP contribution is 2.69. The molecule has 4 aliphatic carbocycles. The maximum atomic E-state index is 12.8. The lowest BCUT2D eigenvalue weighted by Crippen LogP contribution is -2.63. The van der Waals surface area contributed by atoms with E-state index in [9.17, 15) is 37.1 Å². The van der Waals surface area contributed by atoms with Crippen LogP contribution in [0.5, 0.6) is 0 Å². The van der Waals surface area contributed by atoms with Crippen molar-refractivity contribution in [1.29, 1.82) is 0 Å². The van der Waals surface area contributed by atoms with Gasteiger partial charge in [-0.2, -0.15) is 13.2 Å². The number of hydrogen-bond donors (Lipinski definition) is 0. The molecule has 4 rings (SSSR count).